The molecule has 0 aliphatic carbocycles. The fraction of sp³-hybridized carbons (Fsp3) is 0.292. The van der Waals surface area contributed by atoms with Gasteiger partial charge >= 0.3 is 0 Å². The second kappa shape index (κ2) is 8.19. The Labute approximate surface area is 178 Å². The van der Waals surface area contributed by atoms with E-state index in [0.29, 0.717) is 36.0 Å². The maximum absolute atomic E-state index is 13.4. The van der Waals surface area contributed by atoms with Crippen LogP contribution in [0.1, 0.15) is 29.3 Å². The second-order valence-electron chi connectivity index (χ2n) is 7.93. The molecule has 1 saturated heterocycles. The number of pyridine rings is 1. The van der Waals surface area contributed by atoms with E-state index in [1.54, 1.807) is 23.2 Å². The van der Waals surface area contributed by atoms with Gasteiger partial charge in [0.05, 0.1) is 48.3 Å². The molecule has 31 heavy (non-hydrogen) atoms. The molecule has 1 aliphatic rings. The van der Waals surface area contributed by atoms with Gasteiger partial charge in [0.1, 0.15) is 0 Å². The lowest BCUT2D eigenvalue weighted by molar-refractivity contribution is -0.0395. The lowest BCUT2D eigenvalue weighted by atomic mass is 9.96. The van der Waals surface area contributed by atoms with Crippen molar-refractivity contribution in [2.75, 3.05) is 13.2 Å². The van der Waals surface area contributed by atoms with Crippen molar-refractivity contribution in [1.82, 2.24) is 14.5 Å². The second-order valence-corrected chi connectivity index (χ2v) is 7.93. The fourth-order valence-corrected chi connectivity index (χ4v) is 4.34. The van der Waals surface area contributed by atoms with Crippen LogP contribution >= 0.6 is 0 Å². The minimum atomic E-state index is -0.734. The Morgan fingerprint density at radius 3 is 2.68 bits per heavy atom. The zero-order valence-electron chi connectivity index (χ0n) is 16.9. The molecule has 0 saturated carbocycles. The van der Waals surface area contributed by atoms with E-state index in [2.05, 4.69) is 9.97 Å². The summed E-state index contributed by atoms with van der Waals surface area (Å²) in [6.07, 6.45) is 3.74. The van der Waals surface area contributed by atoms with Gasteiger partial charge in [-0.2, -0.15) is 0 Å². The molecule has 2 atom stereocenters. The van der Waals surface area contributed by atoms with Gasteiger partial charge in [0.15, 0.2) is 0 Å². The first-order valence-electron chi connectivity index (χ1n) is 10.4. The molecule has 2 N–H and O–H groups in total. The highest BCUT2D eigenvalue weighted by Gasteiger charge is 2.27. The number of fused-ring (bicyclic) bond motifs is 3. The molecule has 2 aromatic heterocycles. The van der Waals surface area contributed by atoms with Gasteiger partial charge in [-0.25, -0.2) is 4.98 Å². The molecule has 7 heteroatoms. The standard InChI is InChI=1S/C24H23N3O4/c28-12-17-6-5-15(11-25-17)9-16-10-20-23(19-4-2-1-3-18(16)19)26-14-27(24(20)30)21-7-8-31-13-22(21)29/h1-6,10-11,14,21-22,28-29H,7-9,12-13H2/t21-,22-/m0/s1. The lowest BCUT2D eigenvalue weighted by Crippen LogP contribution is -2.39. The van der Waals surface area contributed by atoms with Gasteiger partial charge in [-0.15, -0.1) is 0 Å². The predicted octanol–water partition coefficient (Wildman–Crippen LogP) is 2.35. The Kier molecular flexibility index (Phi) is 5.23. The van der Waals surface area contributed by atoms with Crippen molar-refractivity contribution in [2.24, 2.45) is 0 Å². The van der Waals surface area contributed by atoms with Crippen LogP contribution in [0.3, 0.4) is 0 Å². The van der Waals surface area contributed by atoms with Gasteiger partial charge in [-0.3, -0.25) is 14.3 Å². The van der Waals surface area contributed by atoms with E-state index in [4.69, 9.17) is 4.74 Å². The van der Waals surface area contributed by atoms with E-state index in [9.17, 15) is 15.0 Å². The summed E-state index contributed by atoms with van der Waals surface area (Å²) in [5.74, 6) is 0. The van der Waals surface area contributed by atoms with Crippen LogP contribution in [0.15, 0.2) is 59.8 Å². The molecule has 0 spiro atoms. The average Bonchev–Trinajstić information content (AvgIpc) is 2.81. The van der Waals surface area contributed by atoms with Crippen molar-refractivity contribution in [3.8, 4) is 0 Å². The van der Waals surface area contributed by atoms with Crippen molar-refractivity contribution >= 4 is 21.7 Å². The van der Waals surface area contributed by atoms with Crippen LogP contribution in [-0.2, 0) is 17.8 Å². The number of ether oxygens (including phenoxy) is 1. The predicted molar refractivity (Wildman–Crippen MR) is 117 cm³/mol. The molecular weight excluding hydrogens is 394 g/mol. The molecule has 0 bridgehead atoms. The third-order valence-electron chi connectivity index (χ3n) is 5.97. The normalized spacial score (nSPS) is 19.2. The maximum Gasteiger partial charge on any atom is 0.261 e. The Morgan fingerprint density at radius 2 is 1.94 bits per heavy atom. The van der Waals surface area contributed by atoms with Crippen LogP contribution in [0.2, 0.25) is 0 Å². The monoisotopic (exact) mass is 417 g/mol. The molecule has 158 valence electrons. The van der Waals surface area contributed by atoms with E-state index in [1.165, 1.54) is 0 Å². The molecule has 1 fully saturated rings. The smallest absolute Gasteiger partial charge is 0.261 e. The van der Waals surface area contributed by atoms with Gasteiger partial charge in [-0.05, 0) is 41.5 Å². The summed E-state index contributed by atoms with van der Waals surface area (Å²) in [6.45, 7) is 0.628. The molecule has 1 aliphatic heterocycles. The summed E-state index contributed by atoms with van der Waals surface area (Å²) < 4.78 is 6.86. The van der Waals surface area contributed by atoms with Gasteiger partial charge in [0, 0.05) is 18.2 Å². The summed E-state index contributed by atoms with van der Waals surface area (Å²) in [5.41, 5.74) is 3.12. The number of aromatic nitrogens is 3. The fourth-order valence-electron chi connectivity index (χ4n) is 4.34. The molecule has 7 nitrogen and oxygen atoms in total. The third-order valence-corrected chi connectivity index (χ3v) is 5.97. The third kappa shape index (κ3) is 3.61. The lowest BCUT2D eigenvalue weighted by Gasteiger charge is -2.29. The Hall–Kier alpha value is -3.13. The largest absolute Gasteiger partial charge is 0.390 e. The van der Waals surface area contributed by atoms with Crippen molar-refractivity contribution in [3.05, 3.63) is 82.2 Å². The minimum Gasteiger partial charge on any atom is -0.390 e. The SMILES string of the molecule is O=c1c2cc(Cc3ccc(CO)nc3)c3ccccc3c2ncn1[C@H]1CCOC[C@@H]1O. The summed E-state index contributed by atoms with van der Waals surface area (Å²) in [7, 11) is 0. The quantitative estimate of drug-likeness (QED) is 0.495. The highest BCUT2D eigenvalue weighted by atomic mass is 16.5. The van der Waals surface area contributed by atoms with E-state index < -0.39 is 6.10 Å². The Bertz CT molecular complexity index is 1300. The number of benzene rings is 2. The van der Waals surface area contributed by atoms with Crippen molar-refractivity contribution in [1.29, 1.82) is 0 Å². The van der Waals surface area contributed by atoms with E-state index >= 15 is 0 Å². The first-order valence-corrected chi connectivity index (χ1v) is 10.4. The van der Waals surface area contributed by atoms with Gasteiger partial charge in [0.25, 0.3) is 5.56 Å². The molecular formula is C24H23N3O4. The molecule has 0 radical (unpaired) electrons. The number of hydrogen-bond donors (Lipinski definition) is 2. The van der Waals surface area contributed by atoms with Crippen molar-refractivity contribution < 1.29 is 14.9 Å². The first kappa shape index (κ1) is 19.8. The van der Waals surface area contributed by atoms with Gasteiger partial charge in [-0.1, -0.05) is 30.3 Å². The average molecular weight is 417 g/mol. The van der Waals surface area contributed by atoms with Gasteiger partial charge < -0.3 is 14.9 Å². The first-order chi connectivity index (χ1) is 15.2. The summed E-state index contributed by atoms with van der Waals surface area (Å²) in [6, 6.07) is 13.3. The van der Waals surface area contributed by atoms with Gasteiger partial charge in [0.2, 0.25) is 0 Å². The molecule has 0 amide bonds. The number of aliphatic hydroxyl groups is 2. The molecule has 4 aromatic rings. The van der Waals surface area contributed by atoms with Crippen molar-refractivity contribution in [3.63, 3.8) is 0 Å². The number of aliphatic hydroxyl groups excluding tert-OH is 2. The number of nitrogens with zero attached hydrogens (tertiary/aromatic N) is 3. The summed E-state index contributed by atoms with van der Waals surface area (Å²) in [4.78, 5) is 22.3. The van der Waals surface area contributed by atoms with Crippen LogP contribution in [0.25, 0.3) is 21.7 Å². The van der Waals surface area contributed by atoms with E-state index in [-0.39, 0.29) is 24.8 Å². The zero-order valence-corrected chi connectivity index (χ0v) is 16.9. The highest BCUT2D eigenvalue weighted by Crippen LogP contribution is 2.28. The molecule has 3 heterocycles. The van der Waals surface area contributed by atoms with Crippen LogP contribution in [0.4, 0.5) is 0 Å². The van der Waals surface area contributed by atoms with E-state index in [0.717, 1.165) is 21.9 Å². The molecule has 0 unspecified atom stereocenters. The van der Waals surface area contributed by atoms with Crippen molar-refractivity contribution in [2.45, 2.75) is 31.6 Å². The Morgan fingerprint density at radius 1 is 1.10 bits per heavy atom. The maximum atomic E-state index is 13.4. The van der Waals surface area contributed by atoms with Crippen LogP contribution in [-0.4, -0.2) is 44.1 Å². The zero-order chi connectivity index (χ0) is 21.4. The summed E-state index contributed by atoms with van der Waals surface area (Å²) in [5, 5.41) is 22.1. The van der Waals surface area contributed by atoms with Crippen LogP contribution < -0.4 is 5.56 Å². The number of rotatable bonds is 4. The molecule has 5 rings (SSSR count). The minimum absolute atomic E-state index is 0.0948. The van der Waals surface area contributed by atoms with E-state index in [1.807, 2.05) is 36.4 Å². The highest BCUT2D eigenvalue weighted by molar-refractivity contribution is 6.06. The number of hydrogen-bond acceptors (Lipinski definition) is 6. The van der Waals surface area contributed by atoms with Crippen LogP contribution in [0.5, 0.6) is 0 Å². The topological polar surface area (TPSA) is 97.5 Å². The van der Waals surface area contributed by atoms with Crippen LogP contribution in [0, 0.1) is 0 Å². The molecule has 2 aromatic carbocycles. The summed E-state index contributed by atoms with van der Waals surface area (Å²) >= 11 is 0. The Balaban J connectivity index is 1.67.